The predicted octanol–water partition coefficient (Wildman–Crippen LogP) is -0.634. The minimum atomic E-state index is -1.12. The molecule has 0 aliphatic rings. The number of thioether (sulfide) groups is 1. The standard InChI is InChI=1S/C9H17N3O4S/c1-3-11-9(16)12-7(13)5(2)17-4-6(10)8(14)15/h5-6H,3-4,10H2,1-2H3,(H,14,15)(H2,11,12,13,16)/t5?,6-/m0/s1. The number of carboxylic acids is 1. The second-order valence-corrected chi connectivity index (χ2v) is 4.64. The highest BCUT2D eigenvalue weighted by atomic mass is 32.2. The van der Waals surface area contributed by atoms with Gasteiger partial charge in [-0.1, -0.05) is 0 Å². The Labute approximate surface area is 104 Å². The van der Waals surface area contributed by atoms with Crippen molar-refractivity contribution in [1.29, 1.82) is 0 Å². The topological polar surface area (TPSA) is 122 Å². The van der Waals surface area contributed by atoms with Crippen LogP contribution in [0.4, 0.5) is 4.79 Å². The molecule has 8 heteroatoms. The van der Waals surface area contributed by atoms with Gasteiger partial charge in [-0.25, -0.2) is 4.79 Å². The number of aliphatic carboxylic acids is 1. The molecular formula is C9H17N3O4S. The van der Waals surface area contributed by atoms with Gasteiger partial charge in [-0.15, -0.1) is 11.8 Å². The lowest BCUT2D eigenvalue weighted by atomic mass is 10.4. The van der Waals surface area contributed by atoms with Crippen molar-refractivity contribution in [1.82, 2.24) is 10.6 Å². The summed E-state index contributed by atoms with van der Waals surface area (Å²) in [6.07, 6.45) is 0. The average molecular weight is 263 g/mol. The highest BCUT2D eigenvalue weighted by molar-refractivity contribution is 8.00. The first kappa shape index (κ1) is 15.7. The Balaban J connectivity index is 3.97. The van der Waals surface area contributed by atoms with Crippen molar-refractivity contribution in [2.75, 3.05) is 12.3 Å². The van der Waals surface area contributed by atoms with Gasteiger partial charge < -0.3 is 16.2 Å². The molecule has 0 spiro atoms. The summed E-state index contributed by atoms with van der Waals surface area (Å²) >= 11 is 1.08. The molecule has 0 aromatic carbocycles. The first-order valence-corrected chi connectivity index (χ1v) is 6.12. The molecule has 0 aromatic heterocycles. The second kappa shape index (κ2) is 7.91. The largest absolute Gasteiger partial charge is 0.480 e. The van der Waals surface area contributed by atoms with Crippen LogP contribution in [-0.2, 0) is 9.59 Å². The van der Waals surface area contributed by atoms with Crippen molar-refractivity contribution in [2.24, 2.45) is 5.73 Å². The summed E-state index contributed by atoms with van der Waals surface area (Å²) in [4.78, 5) is 32.9. The molecule has 0 saturated carbocycles. The minimum Gasteiger partial charge on any atom is -0.480 e. The van der Waals surface area contributed by atoms with Crippen molar-refractivity contribution in [2.45, 2.75) is 25.1 Å². The van der Waals surface area contributed by atoms with Gasteiger partial charge in [0.1, 0.15) is 6.04 Å². The van der Waals surface area contributed by atoms with Gasteiger partial charge in [0.2, 0.25) is 5.91 Å². The molecule has 1 unspecified atom stereocenters. The number of hydrogen-bond acceptors (Lipinski definition) is 5. The van der Waals surface area contributed by atoms with E-state index in [1.54, 1.807) is 13.8 Å². The smallest absolute Gasteiger partial charge is 0.321 e. The number of imide groups is 1. The van der Waals surface area contributed by atoms with Crippen LogP contribution < -0.4 is 16.4 Å². The highest BCUT2D eigenvalue weighted by Crippen LogP contribution is 2.11. The van der Waals surface area contributed by atoms with Gasteiger partial charge in [-0.3, -0.25) is 14.9 Å². The molecule has 0 rings (SSSR count). The van der Waals surface area contributed by atoms with E-state index < -0.39 is 29.2 Å². The zero-order chi connectivity index (χ0) is 13.4. The Kier molecular flexibility index (Phi) is 7.31. The van der Waals surface area contributed by atoms with E-state index in [4.69, 9.17) is 10.8 Å². The van der Waals surface area contributed by atoms with E-state index in [9.17, 15) is 14.4 Å². The number of nitrogens with one attached hydrogen (secondary N) is 2. The van der Waals surface area contributed by atoms with Crippen LogP contribution in [0.25, 0.3) is 0 Å². The van der Waals surface area contributed by atoms with Crippen LogP contribution in [0, 0.1) is 0 Å². The van der Waals surface area contributed by atoms with E-state index in [0.29, 0.717) is 6.54 Å². The molecule has 0 aliphatic carbocycles. The van der Waals surface area contributed by atoms with E-state index in [-0.39, 0.29) is 5.75 Å². The van der Waals surface area contributed by atoms with Crippen molar-refractivity contribution in [3.8, 4) is 0 Å². The summed E-state index contributed by atoms with van der Waals surface area (Å²) in [7, 11) is 0. The van der Waals surface area contributed by atoms with Gasteiger partial charge in [0.15, 0.2) is 0 Å². The summed E-state index contributed by atoms with van der Waals surface area (Å²) < 4.78 is 0. The fraction of sp³-hybridized carbons (Fsp3) is 0.667. The summed E-state index contributed by atoms with van der Waals surface area (Å²) in [5, 5.41) is 12.6. The average Bonchev–Trinajstić information content (AvgIpc) is 2.25. The van der Waals surface area contributed by atoms with E-state index in [1.165, 1.54) is 0 Å². The summed E-state index contributed by atoms with van der Waals surface area (Å²) in [5.41, 5.74) is 5.28. The van der Waals surface area contributed by atoms with Gasteiger partial charge in [-0.05, 0) is 13.8 Å². The van der Waals surface area contributed by atoms with Crippen LogP contribution in [0.5, 0.6) is 0 Å². The molecule has 7 nitrogen and oxygen atoms in total. The number of carboxylic acid groups (broad SMARTS) is 1. The third-order valence-corrected chi connectivity index (χ3v) is 3.05. The quantitative estimate of drug-likeness (QED) is 0.506. The van der Waals surface area contributed by atoms with Crippen LogP contribution in [0.2, 0.25) is 0 Å². The maximum Gasteiger partial charge on any atom is 0.321 e. The van der Waals surface area contributed by atoms with Crippen LogP contribution in [0.3, 0.4) is 0 Å². The zero-order valence-electron chi connectivity index (χ0n) is 9.73. The first-order valence-electron chi connectivity index (χ1n) is 5.07. The van der Waals surface area contributed by atoms with Crippen molar-refractivity contribution < 1.29 is 19.5 Å². The maximum absolute atomic E-state index is 11.4. The molecular weight excluding hydrogens is 246 g/mol. The number of carbonyl (C=O) groups is 3. The third kappa shape index (κ3) is 6.80. The molecule has 0 aromatic rings. The molecule has 17 heavy (non-hydrogen) atoms. The van der Waals surface area contributed by atoms with E-state index in [1.807, 2.05) is 0 Å². The number of nitrogens with two attached hydrogens (primary N) is 1. The van der Waals surface area contributed by atoms with Crippen LogP contribution >= 0.6 is 11.8 Å². The fourth-order valence-corrected chi connectivity index (χ4v) is 1.66. The van der Waals surface area contributed by atoms with Crippen LogP contribution in [0.1, 0.15) is 13.8 Å². The number of rotatable bonds is 6. The van der Waals surface area contributed by atoms with Crippen LogP contribution in [0.15, 0.2) is 0 Å². The predicted molar refractivity (Wildman–Crippen MR) is 64.7 cm³/mol. The van der Waals surface area contributed by atoms with Gasteiger partial charge in [0, 0.05) is 12.3 Å². The Morgan fingerprint density at radius 1 is 1.41 bits per heavy atom. The third-order valence-electron chi connectivity index (χ3n) is 1.79. The Morgan fingerprint density at radius 3 is 2.47 bits per heavy atom. The number of carbonyl (C=O) groups excluding carboxylic acids is 2. The monoisotopic (exact) mass is 263 g/mol. The molecule has 0 bridgehead atoms. The van der Waals surface area contributed by atoms with E-state index in [2.05, 4.69) is 10.6 Å². The lowest BCUT2D eigenvalue weighted by molar-refractivity contribution is -0.138. The molecule has 2 atom stereocenters. The SMILES string of the molecule is CCNC(=O)NC(=O)C(C)SC[C@H](N)C(=O)O. The van der Waals surface area contributed by atoms with Gasteiger partial charge in [0.25, 0.3) is 0 Å². The molecule has 5 N–H and O–H groups in total. The fourth-order valence-electron chi connectivity index (χ4n) is 0.813. The Hall–Kier alpha value is -1.28. The van der Waals surface area contributed by atoms with Crippen molar-refractivity contribution in [3.05, 3.63) is 0 Å². The lowest BCUT2D eigenvalue weighted by Gasteiger charge is -2.12. The number of amides is 3. The first-order chi connectivity index (χ1) is 7.88. The number of hydrogen-bond donors (Lipinski definition) is 4. The maximum atomic E-state index is 11.4. The second-order valence-electron chi connectivity index (χ2n) is 3.27. The van der Waals surface area contributed by atoms with Gasteiger partial charge >= 0.3 is 12.0 Å². The Bertz CT molecular complexity index is 298. The Morgan fingerprint density at radius 2 is 2.00 bits per heavy atom. The summed E-state index contributed by atoms with van der Waals surface area (Å²) in [5.74, 6) is -1.48. The highest BCUT2D eigenvalue weighted by Gasteiger charge is 2.19. The summed E-state index contributed by atoms with van der Waals surface area (Å²) in [6, 6.07) is -1.58. The molecule has 0 radical (unpaired) electrons. The molecule has 3 amide bonds. The van der Waals surface area contributed by atoms with E-state index >= 15 is 0 Å². The van der Waals surface area contributed by atoms with Crippen molar-refractivity contribution >= 4 is 29.7 Å². The summed E-state index contributed by atoms with van der Waals surface area (Å²) in [6.45, 7) is 3.73. The number of urea groups is 1. The van der Waals surface area contributed by atoms with Crippen molar-refractivity contribution in [3.63, 3.8) is 0 Å². The van der Waals surface area contributed by atoms with Gasteiger partial charge in [-0.2, -0.15) is 0 Å². The van der Waals surface area contributed by atoms with Gasteiger partial charge in [0.05, 0.1) is 5.25 Å². The lowest BCUT2D eigenvalue weighted by Crippen LogP contribution is -2.43. The molecule has 98 valence electrons. The van der Waals surface area contributed by atoms with E-state index in [0.717, 1.165) is 11.8 Å². The normalized spacial score (nSPS) is 13.6. The molecule has 0 fully saturated rings. The van der Waals surface area contributed by atoms with Crippen LogP contribution in [-0.4, -0.2) is 46.6 Å². The minimum absolute atomic E-state index is 0.110. The molecule has 0 aliphatic heterocycles. The molecule has 0 heterocycles. The zero-order valence-corrected chi connectivity index (χ0v) is 10.5. The molecule has 0 saturated heterocycles.